The first-order valence-corrected chi connectivity index (χ1v) is 9.37. The molecule has 0 fully saturated rings. The summed E-state index contributed by atoms with van der Waals surface area (Å²) < 4.78 is 53.2. The maximum absolute atomic E-state index is 13.3. The van der Waals surface area contributed by atoms with Crippen molar-refractivity contribution in [3.63, 3.8) is 0 Å². The van der Waals surface area contributed by atoms with Crippen LogP contribution in [0.5, 0.6) is 17.2 Å². The van der Waals surface area contributed by atoms with Crippen LogP contribution in [0.25, 0.3) is 10.9 Å². The number of esters is 1. The van der Waals surface area contributed by atoms with Gasteiger partial charge in [-0.25, -0.2) is 0 Å². The first-order chi connectivity index (χ1) is 14.6. The predicted molar refractivity (Wildman–Crippen MR) is 107 cm³/mol. The van der Waals surface area contributed by atoms with Gasteiger partial charge < -0.3 is 14.2 Å². The summed E-state index contributed by atoms with van der Waals surface area (Å²) >= 11 is 0. The largest absolute Gasteiger partial charge is 0.573 e. The van der Waals surface area contributed by atoms with E-state index in [1.807, 2.05) is 6.92 Å². The van der Waals surface area contributed by atoms with Crippen molar-refractivity contribution in [3.05, 3.63) is 53.2 Å². The lowest BCUT2D eigenvalue weighted by molar-refractivity contribution is -0.274. The standard InChI is InChI=1S/C22H20F3NO5/c1-5-16-18(29-4)11-10-17-19(16)20(30-13(3)27)12(2)26(17)21(28)14-6-8-15(9-7-14)31-22(23,24)25/h6-11H,5H2,1-4H3. The summed E-state index contributed by atoms with van der Waals surface area (Å²) in [5.74, 6) is -0.651. The van der Waals surface area contributed by atoms with E-state index in [9.17, 15) is 22.8 Å². The number of nitrogens with zero attached hydrogens (tertiary/aromatic N) is 1. The van der Waals surface area contributed by atoms with E-state index in [0.717, 1.165) is 17.7 Å². The van der Waals surface area contributed by atoms with Crippen LogP contribution in [-0.2, 0) is 11.2 Å². The molecule has 6 nitrogen and oxygen atoms in total. The average molecular weight is 435 g/mol. The van der Waals surface area contributed by atoms with Gasteiger partial charge in [-0.05, 0) is 49.7 Å². The van der Waals surface area contributed by atoms with E-state index in [1.165, 1.54) is 30.7 Å². The van der Waals surface area contributed by atoms with Crippen molar-refractivity contribution >= 4 is 22.8 Å². The third-order valence-electron chi connectivity index (χ3n) is 4.74. The Balaban J connectivity index is 2.16. The Morgan fingerprint density at radius 3 is 2.23 bits per heavy atom. The van der Waals surface area contributed by atoms with E-state index in [-0.39, 0.29) is 11.3 Å². The minimum Gasteiger partial charge on any atom is -0.496 e. The highest BCUT2D eigenvalue weighted by atomic mass is 19.4. The zero-order valence-corrected chi connectivity index (χ0v) is 17.3. The van der Waals surface area contributed by atoms with Gasteiger partial charge in [0, 0.05) is 18.1 Å². The quantitative estimate of drug-likeness (QED) is 0.526. The van der Waals surface area contributed by atoms with Crippen molar-refractivity contribution in [1.82, 2.24) is 4.57 Å². The molecule has 1 aromatic heterocycles. The van der Waals surface area contributed by atoms with E-state index < -0.39 is 24.0 Å². The minimum absolute atomic E-state index is 0.137. The van der Waals surface area contributed by atoms with Crippen LogP contribution in [0.1, 0.15) is 35.5 Å². The zero-order chi connectivity index (χ0) is 22.9. The number of alkyl halides is 3. The van der Waals surface area contributed by atoms with E-state index >= 15 is 0 Å². The van der Waals surface area contributed by atoms with Gasteiger partial charge in [0.2, 0.25) is 0 Å². The minimum atomic E-state index is -4.83. The molecule has 1 heterocycles. The second-order valence-electron chi connectivity index (χ2n) is 6.71. The molecule has 0 saturated carbocycles. The Labute approximate surface area is 176 Å². The average Bonchev–Trinajstić information content (AvgIpc) is 2.97. The number of aryl methyl sites for hydroxylation is 1. The summed E-state index contributed by atoms with van der Waals surface area (Å²) in [7, 11) is 1.52. The third kappa shape index (κ3) is 4.35. The number of aromatic nitrogens is 1. The molecule has 0 aliphatic heterocycles. The van der Waals surface area contributed by atoms with Crippen LogP contribution in [0.2, 0.25) is 0 Å². The van der Waals surface area contributed by atoms with Gasteiger partial charge in [0.15, 0.2) is 5.75 Å². The lowest BCUT2D eigenvalue weighted by atomic mass is 10.1. The molecule has 164 valence electrons. The van der Waals surface area contributed by atoms with Crippen molar-refractivity contribution < 1.29 is 37.0 Å². The van der Waals surface area contributed by atoms with Crippen molar-refractivity contribution in [2.45, 2.75) is 33.6 Å². The first-order valence-electron chi connectivity index (χ1n) is 9.37. The highest BCUT2D eigenvalue weighted by molar-refractivity contribution is 6.07. The number of benzene rings is 2. The lowest BCUT2D eigenvalue weighted by Crippen LogP contribution is -2.17. The monoisotopic (exact) mass is 435 g/mol. The molecule has 0 aliphatic carbocycles. The Morgan fingerprint density at radius 2 is 1.71 bits per heavy atom. The van der Waals surface area contributed by atoms with Crippen LogP contribution >= 0.6 is 0 Å². The first kappa shape index (κ1) is 22.2. The van der Waals surface area contributed by atoms with E-state index in [4.69, 9.17) is 9.47 Å². The van der Waals surface area contributed by atoms with Crippen LogP contribution < -0.4 is 14.2 Å². The molecule has 0 unspecified atom stereocenters. The molecule has 0 bridgehead atoms. The number of carbonyl (C=O) groups is 2. The Morgan fingerprint density at radius 1 is 1.06 bits per heavy atom. The van der Waals surface area contributed by atoms with Crippen molar-refractivity contribution in [2.24, 2.45) is 0 Å². The highest BCUT2D eigenvalue weighted by Crippen LogP contribution is 2.40. The van der Waals surface area contributed by atoms with Crippen LogP contribution in [-0.4, -0.2) is 29.9 Å². The number of hydrogen-bond donors (Lipinski definition) is 0. The summed E-state index contributed by atoms with van der Waals surface area (Å²) in [6.07, 6.45) is -4.27. The number of hydrogen-bond acceptors (Lipinski definition) is 5. The molecule has 0 radical (unpaired) electrons. The number of ether oxygens (including phenoxy) is 3. The molecule has 0 atom stereocenters. The fourth-order valence-corrected chi connectivity index (χ4v) is 3.52. The Bertz CT molecular complexity index is 1150. The second-order valence-corrected chi connectivity index (χ2v) is 6.71. The van der Waals surface area contributed by atoms with Crippen LogP contribution in [0.3, 0.4) is 0 Å². The number of halogens is 3. The predicted octanol–water partition coefficient (Wildman–Crippen LogP) is 5.03. The zero-order valence-electron chi connectivity index (χ0n) is 17.3. The Hall–Kier alpha value is -3.49. The van der Waals surface area contributed by atoms with Gasteiger partial charge in [-0.2, -0.15) is 0 Å². The normalized spacial score (nSPS) is 11.5. The highest BCUT2D eigenvalue weighted by Gasteiger charge is 2.31. The smallest absolute Gasteiger partial charge is 0.496 e. The van der Waals surface area contributed by atoms with Gasteiger partial charge in [-0.1, -0.05) is 6.92 Å². The molecular weight excluding hydrogens is 415 g/mol. The summed E-state index contributed by atoms with van der Waals surface area (Å²) in [6.45, 7) is 4.79. The number of carbonyl (C=O) groups excluding carboxylic acids is 2. The van der Waals surface area contributed by atoms with Crippen molar-refractivity contribution in [1.29, 1.82) is 0 Å². The van der Waals surface area contributed by atoms with E-state index in [0.29, 0.717) is 28.8 Å². The Kier molecular flexibility index (Phi) is 5.97. The molecule has 31 heavy (non-hydrogen) atoms. The summed E-state index contributed by atoms with van der Waals surface area (Å²) in [5.41, 5.74) is 1.78. The van der Waals surface area contributed by atoms with Gasteiger partial charge >= 0.3 is 12.3 Å². The summed E-state index contributed by atoms with van der Waals surface area (Å²) in [5, 5.41) is 0.569. The summed E-state index contributed by atoms with van der Waals surface area (Å²) in [4.78, 5) is 25.0. The van der Waals surface area contributed by atoms with Crippen LogP contribution in [0.15, 0.2) is 36.4 Å². The molecule has 0 amide bonds. The fourth-order valence-electron chi connectivity index (χ4n) is 3.52. The van der Waals surface area contributed by atoms with Crippen molar-refractivity contribution in [2.75, 3.05) is 7.11 Å². The molecule has 9 heteroatoms. The number of methoxy groups -OCH3 is 1. The molecule has 0 saturated heterocycles. The molecule has 0 N–H and O–H groups in total. The van der Waals surface area contributed by atoms with Gasteiger partial charge in [-0.15, -0.1) is 13.2 Å². The molecule has 3 aromatic rings. The molecule has 0 spiro atoms. The van der Waals surface area contributed by atoms with Gasteiger partial charge in [0.05, 0.1) is 23.7 Å². The molecule has 2 aromatic carbocycles. The number of rotatable bonds is 5. The second kappa shape index (κ2) is 8.33. The van der Waals surface area contributed by atoms with Crippen LogP contribution in [0.4, 0.5) is 13.2 Å². The van der Waals surface area contributed by atoms with Gasteiger partial charge in [-0.3, -0.25) is 14.2 Å². The fraction of sp³-hybridized carbons (Fsp3) is 0.273. The van der Waals surface area contributed by atoms with Crippen LogP contribution in [0, 0.1) is 6.92 Å². The topological polar surface area (TPSA) is 66.8 Å². The SMILES string of the molecule is CCc1c(OC)ccc2c1c(OC(C)=O)c(C)n2C(=O)c1ccc(OC(F)(F)F)cc1. The molecule has 3 rings (SSSR count). The summed E-state index contributed by atoms with van der Waals surface area (Å²) in [6, 6.07) is 7.99. The molecule has 0 aliphatic rings. The maximum Gasteiger partial charge on any atom is 0.573 e. The third-order valence-corrected chi connectivity index (χ3v) is 4.74. The molecular formula is C22H20F3NO5. The van der Waals surface area contributed by atoms with E-state index in [2.05, 4.69) is 4.74 Å². The lowest BCUT2D eigenvalue weighted by Gasteiger charge is -2.11. The van der Waals surface area contributed by atoms with E-state index in [1.54, 1.807) is 19.1 Å². The van der Waals surface area contributed by atoms with Gasteiger partial charge in [0.25, 0.3) is 5.91 Å². The maximum atomic E-state index is 13.3. The van der Waals surface area contributed by atoms with Gasteiger partial charge in [0.1, 0.15) is 11.5 Å². The van der Waals surface area contributed by atoms with Crippen molar-refractivity contribution in [3.8, 4) is 17.2 Å². The number of fused-ring (bicyclic) bond motifs is 1.